The number of thiophene rings is 1. The molecule has 21 heavy (non-hydrogen) atoms. The summed E-state index contributed by atoms with van der Waals surface area (Å²) in [7, 11) is 0. The van der Waals surface area contributed by atoms with Gasteiger partial charge in [0.2, 0.25) is 0 Å². The van der Waals surface area contributed by atoms with Crippen LogP contribution in [0.25, 0.3) is 10.1 Å². The number of carbonyl (C=O) groups excluding carboxylic acids is 2. The summed E-state index contributed by atoms with van der Waals surface area (Å²) in [5.74, 6) is -0.471. The smallest absolute Gasteiger partial charge is 0.325 e. The Morgan fingerprint density at radius 1 is 1.24 bits per heavy atom. The molecule has 0 N–H and O–H groups in total. The van der Waals surface area contributed by atoms with E-state index in [1.807, 2.05) is 36.6 Å². The zero-order chi connectivity index (χ0) is 15.2. The number of hydrogen-bond donors (Lipinski definition) is 0. The van der Waals surface area contributed by atoms with Crippen LogP contribution in [0.3, 0.4) is 0 Å². The molecule has 5 heteroatoms. The van der Waals surface area contributed by atoms with Gasteiger partial charge in [0.1, 0.15) is 6.54 Å². The molecule has 1 amide bonds. The second kappa shape index (κ2) is 7.22. The maximum Gasteiger partial charge on any atom is 0.325 e. The number of nitrogens with zero attached hydrogens (tertiary/aromatic N) is 1. The van der Waals surface area contributed by atoms with E-state index in [-0.39, 0.29) is 18.4 Å². The zero-order valence-corrected chi connectivity index (χ0v) is 13.1. The van der Waals surface area contributed by atoms with Crippen molar-refractivity contribution in [3.63, 3.8) is 0 Å². The van der Waals surface area contributed by atoms with Gasteiger partial charge in [-0.25, -0.2) is 0 Å². The summed E-state index contributed by atoms with van der Waals surface area (Å²) < 4.78 is 6.02. The molecule has 0 atom stereocenters. The minimum Gasteiger partial charge on any atom is -0.465 e. The number of benzene rings is 1. The van der Waals surface area contributed by atoms with Crippen LogP contribution in [0.1, 0.15) is 30.6 Å². The van der Waals surface area contributed by atoms with Crippen LogP contribution in [0.4, 0.5) is 0 Å². The first kappa shape index (κ1) is 15.5. The first-order chi connectivity index (χ1) is 10.2. The molecular weight excluding hydrogens is 286 g/mol. The summed E-state index contributed by atoms with van der Waals surface area (Å²) in [5, 5.41) is 2.80. The van der Waals surface area contributed by atoms with E-state index in [1.54, 1.807) is 23.2 Å². The van der Waals surface area contributed by atoms with E-state index in [0.29, 0.717) is 18.7 Å². The van der Waals surface area contributed by atoms with E-state index >= 15 is 0 Å². The lowest BCUT2D eigenvalue weighted by atomic mass is 10.1. The Hall–Kier alpha value is -1.88. The highest BCUT2D eigenvalue weighted by atomic mass is 32.1. The van der Waals surface area contributed by atoms with Gasteiger partial charge >= 0.3 is 5.97 Å². The number of hydrogen-bond acceptors (Lipinski definition) is 4. The molecule has 0 aliphatic rings. The zero-order valence-electron chi connectivity index (χ0n) is 12.3. The molecule has 0 spiro atoms. The molecule has 2 rings (SSSR count). The number of carbonyl (C=O) groups is 2. The van der Waals surface area contributed by atoms with E-state index in [2.05, 4.69) is 0 Å². The minimum absolute atomic E-state index is 0.00465. The number of rotatable bonds is 6. The van der Waals surface area contributed by atoms with Crippen LogP contribution >= 0.6 is 11.3 Å². The Labute approximate surface area is 128 Å². The SMILES string of the molecule is CCCN(CC(=O)OCC)C(=O)c1csc2ccccc12. The Kier molecular flexibility index (Phi) is 5.33. The van der Waals surface area contributed by atoms with E-state index in [4.69, 9.17) is 4.74 Å². The second-order valence-corrected chi connectivity index (χ2v) is 5.59. The van der Waals surface area contributed by atoms with Crippen LogP contribution in [0.15, 0.2) is 29.6 Å². The lowest BCUT2D eigenvalue weighted by Crippen LogP contribution is -2.37. The number of fused-ring (bicyclic) bond motifs is 1. The van der Waals surface area contributed by atoms with Gasteiger partial charge in [-0.3, -0.25) is 9.59 Å². The van der Waals surface area contributed by atoms with Crippen molar-refractivity contribution >= 4 is 33.3 Å². The summed E-state index contributed by atoms with van der Waals surface area (Å²) in [4.78, 5) is 25.9. The van der Waals surface area contributed by atoms with Crippen molar-refractivity contribution < 1.29 is 14.3 Å². The molecule has 0 saturated heterocycles. The first-order valence-corrected chi connectivity index (χ1v) is 7.96. The van der Waals surface area contributed by atoms with Gasteiger partial charge in [-0.05, 0) is 19.4 Å². The molecule has 1 aromatic carbocycles. The summed E-state index contributed by atoms with van der Waals surface area (Å²) in [6.07, 6.45) is 0.799. The molecule has 0 bridgehead atoms. The standard InChI is InChI=1S/C16H19NO3S/c1-3-9-17(10-15(18)20-4-2)16(19)13-11-21-14-8-6-5-7-12(13)14/h5-8,11H,3-4,9-10H2,1-2H3. The fourth-order valence-corrected chi connectivity index (χ4v) is 3.13. The van der Waals surface area contributed by atoms with Gasteiger partial charge in [0.15, 0.2) is 0 Å². The van der Waals surface area contributed by atoms with Crippen molar-refractivity contribution in [2.24, 2.45) is 0 Å². The largest absolute Gasteiger partial charge is 0.465 e. The highest BCUT2D eigenvalue weighted by Crippen LogP contribution is 2.26. The molecule has 4 nitrogen and oxygen atoms in total. The summed E-state index contributed by atoms with van der Waals surface area (Å²) in [6, 6.07) is 7.80. The second-order valence-electron chi connectivity index (χ2n) is 4.68. The predicted molar refractivity (Wildman–Crippen MR) is 84.7 cm³/mol. The molecule has 0 aliphatic heterocycles. The average molecular weight is 305 g/mol. The molecule has 0 aliphatic carbocycles. The third-order valence-electron chi connectivity index (χ3n) is 3.12. The molecule has 1 heterocycles. The summed E-state index contributed by atoms with van der Waals surface area (Å²) >= 11 is 1.54. The van der Waals surface area contributed by atoms with Crippen molar-refractivity contribution in [1.29, 1.82) is 0 Å². The molecule has 0 fully saturated rings. The minimum atomic E-state index is -0.362. The third kappa shape index (κ3) is 3.61. The Bertz CT molecular complexity index is 635. The van der Waals surface area contributed by atoms with E-state index in [1.165, 1.54) is 0 Å². The number of esters is 1. The Balaban J connectivity index is 2.23. The van der Waals surface area contributed by atoms with Gasteiger partial charge in [-0.15, -0.1) is 11.3 Å². The fraction of sp³-hybridized carbons (Fsp3) is 0.375. The van der Waals surface area contributed by atoms with Crippen LogP contribution in [-0.2, 0) is 9.53 Å². The number of amides is 1. The molecule has 0 unspecified atom stereocenters. The van der Waals surface area contributed by atoms with E-state index in [0.717, 1.165) is 16.5 Å². The number of ether oxygens (including phenoxy) is 1. The fourth-order valence-electron chi connectivity index (χ4n) is 2.20. The highest BCUT2D eigenvalue weighted by molar-refractivity contribution is 7.17. The van der Waals surface area contributed by atoms with Crippen LogP contribution in [0, 0.1) is 0 Å². The lowest BCUT2D eigenvalue weighted by molar-refractivity contribution is -0.143. The van der Waals surface area contributed by atoms with Gasteiger partial charge in [0, 0.05) is 22.0 Å². The van der Waals surface area contributed by atoms with Gasteiger partial charge < -0.3 is 9.64 Å². The highest BCUT2D eigenvalue weighted by Gasteiger charge is 2.21. The Morgan fingerprint density at radius 3 is 2.71 bits per heavy atom. The topological polar surface area (TPSA) is 46.6 Å². The Morgan fingerprint density at radius 2 is 2.00 bits per heavy atom. The average Bonchev–Trinajstić information content (AvgIpc) is 2.90. The molecule has 0 saturated carbocycles. The van der Waals surface area contributed by atoms with Gasteiger partial charge in [-0.2, -0.15) is 0 Å². The van der Waals surface area contributed by atoms with Crippen molar-refractivity contribution in [3.8, 4) is 0 Å². The van der Waals surface area contributed by atoms with Crippen molar-refractivity contribution in [2.75, 3.05) is 19.7 Å². The molecular formula is C16H19NO3S. The van der Waals surface area contributed by atoms with Gasteiger partial charge in [0.05, 0.1) is 12.2 Å². The lowest BCUT2D eigenvalue weighted by Gasteiger charge is -2.20. The van der Waals surface area contributed by atoms with Crippen molar-refractivity contribution in [3.05, 3.63) is 35.2 Å². The third-order valence-corrected chi connectivity index (χ3v) is 4.08. The first-order valence-electron chi connectivity index (χ1n) is 7.08. The van der Waals surface area contributed by atoms with Gasteiger partial charge in [0.25, 0.3) is 5.91 Å². The summed E-state index contributed by atoms with van der Waals surface area (Å²) in [6.45, 7) is 4.62. The van der Waals surface area contributed by atoms with Crippen molar-refractivity contribution in [2.45, 2.75) is 20.3 Å². The quantitative estimate of drug-likeness (QED) is 0.769. The maximum atomic E-state index is 12.7. The maximum absolute atomic E-state index is 12.7. The molecule has 2 aromatic rings. The van der Waals surface area contributed by atoms with Crippen molar-refractivity contribution in [1.82, 2.24) is 4.90 Å². The molecule has 1 aromatic heterocycles. The predicted octanol–water partition coefficient (Wildman–Crippen LogP) is 3.32. The van der Waals surface area contributed by atoms with Gasteiger partial charge in [-0.1, -0.05) is 25.1 Å². The normalized spacial score (nSPS) is 10.6. The van der Waals surface area contributed by atoms with Crippen LogP contribution in [0.5, 0.6) is 0 Å². The van der Waals surface area contributed by atoms with E-state index in [9.17, 15) is 9.59 Å². The molecule has 0 radical (unpaired) electrons. The monoisotopic (exact) mass is 305 g/mol. The molecule has 112 valence electrons. The summed E-state index contributed by atoms with van der Waals surface area (Å²) in [5.41, 5.74) is 0.661. The van der Waals surface area contributed by atoms with Crippen LogP contribution in [0.2, 0.25) is 0 Å². The van der Waals surface area contributed by atoms with E-state index < -0.39 is 0 Å². The van der Waals surface area contributed by atoms with Crippen LogP contribution < -0.4 is 0 Å². The van der Waals surface area contributed by atoms with Crippen LogP contribution in [-0.4, -0.2) is 36.5 Å².